The molecule has 1 aromatic heterocycles. The van der Waals surface area contributed by atoms with E-state index >= 15 is 0 Å². The van der Waals surface area contributed by atoms with Crippen LogP contribution in [0.5, 0.6) is 0 Å². The van der Waals surface area contributed by atoms with Gasteiger partial charge < -0.3 is 20.9 Å². The highest BCUT2D eigenvalue weighted by Crippen LogP contribution is 2.24. The third-order valence-corrected chi connectivity index (χ3v) is 4.02. The molecule has 110 valence electrons. The second-order valence-electron chi connectivity index (χ2n) is 5.43. The molecule has 0 bridgehead atoms. The van der Waals surface area contributed by atoms with Gasteiger partial charge in [0.15, 0.2) is 0 Å². The number of anilines is 1. The van der Waals surface area contributed by atoms with Crippen LogP contribution in [-0.2, 0) is 11.3 Å². The molecule has 0 spiro atoms. The number of amides is 2. The summed E-state index contributed by atoms with van der Waals surface area (Å²) in [5, 5.41) is 0. The predicted molar refractivity (Wildman–Crippen MR) is 76.9 cm³/mol. The molecule has 0 radical (unpaired) electrons. The highest BCUT2D eigenvalue weighted by Gasteiger charge is 2.33. The summed E-state index contributed by atoms with van der Waals surface area (Å²) in [7, 11) is 0. The molecule has 1 fully saturated rings. The van der Waals surface area contributed by atoms with E-state index in [1.54, 1.807) is 17.2 Å². The molecule has 20 heavy (non-hydrogen) atoms. The zero-order valence-corrected chi connectivity index (χ0v) is 12.0. The highest BCUT2D eigenvalue weighted by molar-refractivity contribution is 5.94. The average Bonchev–Trinajstić information content (AvgIpc) is 2.79. The fourth-order valence-electron chi connectivity index (χ4n) is 2.74. The van der Waals surface area contributed by atoms with Crippen LogP contribution in [0.2, 0.25) is 0 Å². The summed E-state index contributed by atoms with van der Waals surface area (Å²) in [6, 6.07) is 1.80. The normalized spacial score (nSPS) is 22.8. The van der Waals surface area contributed by atoms with E-state index in [0.29, 0.717) is 24.5 Å². The summed E-state index contributed by atoms with van der Waals surface area (Å²) in [5.41, 5.74) is 12.3. The second kappa shape index (κ2) is 5.56. The molecule has 1 aliphatic heterocycles. The first-order valence-electron chi connectivity index (χ1n) is 7.00. The number of nitrogens with two attached hydrogens (primary N) is 2. The monoisotopic (exact) mass is 278 g/mol. The van der Waals surface area contributed by atoms with Crippen molar-refractivity contribution in [3.63, 3.8) is 0 Å². The summed E-state index contributed by atoms with van der Waals surface area (Å²) in [5.74, 6) is -0.667. The minimum atomic E-state index is -0.333. The number of nitrogens with zero attached hydrogens (tertiary/aromatic N) is 2. The Balaban J connectivity index is 2.24. The summed E-state index contributed by atoms with van der Waals surface area (Å²) in [4.78, 5) is 25.8. The van der Waals surface area contributed by atoms with Crippen molar-refractivity contribution in [2.75, 3.05) is 12.3 Å². The first-order chi connectivity index (χ1) is 9.43. The Morgan fingerprint density at radius 1 is 1.40 bits per heavy atom. The molecular weight excluding hydrogens is 256 g/mol. The van der Waals surface area contributed by atoms with Crippen molar-refractivity contribution in [3.8, 4) is 0 Å². The Hall–Kier alpha value is -1.98. The van der Waals surface area contributed by atoms with Crippen molar-refractivity contribution < 1.29 is 9.59 Å². The number of rotatable bonds is 3. The Kier molecular flexibility index (Phi) is 4.01. The fourth-order valence-corrected chi connectivity index (χ4v) is 2.74. The molecule has 6 nitrogen and oxygen atoms in total. The van der Waals surface area contributed by atoms with Gasteiger partial charge in [-0.1, -0.05) is 0 Å². The lowest BCUT2D eigenvalue weighted by atomic mass is 9.92. The molecule has 0 aromatic carbocycles. The van der Waals surface area contributed by atoms with Gasteiger partial charge in [0.05, 0.1) is 11.6 Å². The molecule has 1 aromatic rings. The van der Waals surface area contributed by atoms with E-state index in [1.165, 1.54) is 0 Å². The van der Waals surface area contributed by atoms with Crippen molar-refractivity contribution >= 4 is 17.5 Å². The third-order valence-electron chi connectivity index (χ3n) is 4.02. The van der Waals surface area contributed by atoms with Crippen LogP contribution in [0.4, 0.5) is 5.69 Å². The van der Waals surface area contributed by atoms with Crippen molar-refractivity contribution in [2.24, 2.45) is 11.7 Å². The fraction of sp³-hybridized carbons (Fsp3) is 0.571. The van der Waals surface area contributed by atoms with E-state index in [0.717, 1.165) is 12.8 Å². The van der Waals surface area contributed by atoms with E-state index < -0.39 is 0 Å². The number of hydrogen-bond acceptors (Lipinski definition) is 3. The number of carbonyl (C=O) groups excluding carboxylic acids is 2. The van der Waals surface area contributed by atoms with Gasteiger partial charge in [-0.3, -0.25) is 9.59 Å². The Bertz CT molecular complexity index is 523. The maximum atomic E-state index is 12.7. The van der Waals surface area contributed by atoms with E-state index in [4.69, 9.17) is 11.5 Å². The smallest absolute Gasteiger partial charge is 0.270 e. The molecule has 1 saturated heterocycles. The van der Waals surface area contributed by atoms with Crippen LogP contribution in [0, 0.1) is 5.92 Å². The molecule has 2 heterocycles. The number of aryl methyl sites for hydroxylation is 1. The van der Waals surface area contributed by atoms with Gasteiger partial charge in [0.25, 0.3) is 5.91 Å². The lowest BCUT2D eigenvalue weighted by molar-refractivity contribution is -0.123. The van der Waals surface area contributed by atoms with E-state index in [-0.39, 0.29) is 23.8 Å². The van der Waals surface area contributed by atoms with Crippen molar-refractivity contribution in [3.05, 3.63) is 18.0 Å². The van der Waals surface area contributed by atoms with Crippen LogP contribution in [0.3, 0.4) is 0 Å². The first kappa shape index (κ1) is 14.4. The Labute approximate surface area is 118 Å². The number of primary amides is 1. The Morgan fingerprint density at radius 3 is 2.70 bits per heavy atom. The third kappa shape index (κ3) is 2.64. The number of nitrogen functional groups attached to an aromatic ring is 1. The largest absolute Gasteiger partial charge is 0.397 e. The van der Waals surface area contributed by atoms with Gasteiger partial charge in [0.2, 0.25) is 5.91 Å². The van der Waals surface area contributed by atoms with Gasteiger partial charge in [-0.15, -0.1) is 0 Å². The lowest BCUT2D eigenvalue weighted by Gasteiger charge is -2.37. The summed E-state index contributed by atoms with van der Waals surface area (Å²) in [6.45, 7) is 5.03. The summed E-state index contributed by atoms with van der Waals surface area (Å²) >= 11 is 0. The van der Waals surface area contributed by atoms with Crippen LogP contribution in [0.1, 0.15) is 37.2 Å². The minimum Gasteiger partial charge on any atom is -0.397 e. The summed E-state index contributed by atoms with van der Waals surface area (Å²) in [6.07, 6.45) is 3.30. The zero-order valence-electron chi connectivity index (χ0n) is 12.0. The number of aromatic nitrogens is 1. The SMILES string of the molecule is CCn1cc(N)cc1C(=O)N1CC(C(N)=O)CCC1C. The maximum absolute atomic E-state index is 12.7. The van der Waals surface area contributed by atoms with Crippen LogP contribution < -0.4 is 11.5 Å². The number of hydrogen-bond donors (Lipinski definition) is 2. The van der Waals surface area contributed by atoms with Gasteiger partial charge in [-0.05, 0) is 32.8 Å². The lowest BCUT2D eigenvalue weighted by Crippen LogP contribution is -2.49. The van der Waals surface area contributed by atoms with Crippen LogP contribution in [0.25, 0.3) is 0 Å². The topological polar surface area (TPSA) is 94.3 Å². The molecule has 1 aliphatic rings. The number of carbonyl (C=O) groups is 2. The maximum Gasteiger partial charge on any atom is 0.270 e. The summed E-state index contributed by atoms with van der Waals surface area (Å²) < 4.78 is 1.83. The van der Waals surface area contributed by atoms with Crippen molar-refractivity contribution in [2.45, 2.75) is 39.3 Å². The van der Waals surface area contributed by atoms with Crippen LogP contribution >= 0.6 is 0 Å². The van der Waals surface area contributed by atoms with E-state index in [1.807, 2.05) is 18.4 Å². The van der Waals surface area contributed by atoms with Gasteiger partial charge in [0.1, 0.15) is 5.69 Å². The van der Waals surface area contributed by atoms with E-state index in [2.05, 4.69) is 0 Å². The van der Waals surface area contributed by atoms with Crippen molar-refractivity contribution in [1.82, 2.24) is 9.47 Å². The van der Waals surface area contributed by atoms with E-state index in [9.17, 15) is 9.59 Å². The average molecular weight is 278 g/mol. The molecule has 2 unspecified atom stereocenters. The van der Waals surface area contributed by atoms with Gasteiger partial charge in [0, 0.05) is 25.3 Å². The van der Waals surface area contributed by atoms with Crippen LogP contribution in [0.15, 0.2) is 12.3 Å². The molecule has 6 heteroatoms. The molecule has 2 rings (SSSR count). The zero-order chi connectivity index (χ0) is 14.9. The minimum absolute atomic E-state index is 0.0815. The van der Waals surface area contributed by atoms with Gasteiger partial charge >= 0.3 is 0 Å². The molecule has 4 N–H and O–H groups in total. The standard InChI is InChI=1S/C14H22N4O2/c1-3-17-8-11(15)6-12(17)14(20)18-7-10(13(16)19)5-4-9(18)2/h6,8-10H,3-5,7,15H2,1-2H3,(H2,16,19). The van der Waals surface area contributed by atoms with Gasteiger partial charge in [-0.25, -0.2) is 0 Å². The van der Waals surface area contributed by atoms with Gasteiger partial charge in [-0.2, -0.15) is 0 Å². The molecule has 2 atom stereocenters. The number of piperidine rings is 1. The molecule has 2 amide bonds. The molecule has 0 aliphatic carbocycles. The second-order valence-corrected chi connectivity index (χ2v) is 5.43. The highest BCUT2D eigenvalue weighted by atomic mass is 16.2. The number of likely N-dealkylation sites (tertiary alicyclic amines) is 1. The van der Waals surface area contributed by atoms with Crippen LogP contribution in [-0.4, -0.2) is 33.9 Å². The molecular formula is C14H22N4O2. The Morgan fingerprint density at radius 2 is 2.10 bits per heavy atom. The van der Waals surface area contributed by atoms with Crippen molar-refractivity contribution in [1.29, 1.82) is 0 Å². The molecule has 0 saturated carbocycles. The quantitative estimate of drug-likeness (QED) is 0.856. The first-order valence-corrected chi connectivity index (χ1v) is 7.00. The predicted octanol–water partition coefficient (Wildman–Crippen LogP) is 0.816.